The second-order valence-electron chi connectivity index (χ2n) is 6.65. The molecular weight excluding hydrogens is 340 g/mol. The van der Waals surface area contributed by atoms with Gasteiger partial charge in [0.25, 0.3) is 0 Å². The van der Waals surface area contributed by atoms with Gasteiger partial charge < -0.3 is 10.6 Å². The molecule has 25 heavy (non-hydrogen) atoms. The molecule has 0 spiro atoms. The molecule has 1 unspecified atom stereocenters. The van der Waals surface area contributed by atoms with Crippen LogP contribution in [0.1, 0.15) is 32.7 Å². The van der Waals surface area contributed by atoms with Gasteiger partial charge in [0.05, 0.1) is 0 Å². The molecule has 136 valence electrons. The number of benzene rings is 1. The van der Waals surface area contributed by atoms with E-state index in [9.17, 15) is 4.79 Å². The van der Waals surface area contributed by atoms with Crippen LogP contribution in [0.25, 0.3) is 11.4 Å². The van der Waals surface area contributed by atoms with Gasteiger partial charge in [-0.15, -0.1) is 22.6 Å². The third-order valence-electron chi connectivity index (χ3n) is 4.44. The number of nitrogens with two attached hydrogens (primary N) is 1. The summed E-state index contributed by atoms with van der Waals surface area (Å²) in [5.41, 5.74) is 6.83. The van der Waals surface area contributed by atoms with Gasteiger partial charge in [-0.25, -0.2) is 0 Å². The van der Waals surface area contributed by atoms with Crippen molar-refractivity contribution in [2.75, 3.05) is 13.1 Å². The fourth-order valence-corrected chi connectivity index (χ4v) is 3.00. The zero-order valence-electron chi connectivity index (χ0n) is 14.6. The lowest BCUT2D eigenvalue weighted by Crippen LogP contribution is -2.47. The van der Waals surface area contributed by atoms with Crippen molar-refractivity contribution in [3.63, 3.8) is 0 Å². The first-order chi connectivity index (χ1) is 11.6. The number of nitrogens with zero attached hydrogens (tertiary/aromatic N) is 5. The number of carbonyl (C=O) groups excluding carboxylic acids is 1. The van der Waals surface area contributed by atoms with E-state index in [2.05, 4.69) is 15.4 Å². The Morgan fingerprint density at radius 2 is 1.84 bits per heavy atom. The summed E-state index contributed by atoms with van der Waals surface area (Å²) in [6, 6.07) is 9.41. The third kappa shape index (κ3) is 4.35. The Morgan fingerprint density at radius 1 is 1.20 bits per heavy atom. The normalized spacial score (nSPS) is 16.6. The smallest absolute Gasteiger partial charge is 0.249 e. The first kappa shape index (κ1) is 19.3. The number of rotatable bonds is 4. The van der Waals surface area contributed by atoms with Gasteiger partial charge in [-0.05, 0) is 24.0 Å². The molecule has 1 saturated heterocycles. The van der Waals surface area contributed by atoms with Crippen molar-refractivity contribution in [1.82, 2.24) is 25.1 Å². The summed E-state index contributed by atoms with van der Waals surface area (Å²) in [5, 5.41) is 12.7. The molecule has 1 aromatic carbocycles. The molecule has 0 bridgehead atoms. The Labute approximate surface area is 154 Å². The Hall–Kier alpha value is -1.99. The van der Waals surface area contributed by atoms with Crippen LogP contribution in [0.5, 0.6) is 0 Å². The van der Waals surface area contributed by atoms with E-state index in [4.69, 9.17) is 5.73 Å². The van der Waals surface area contributed by atoms with Gasteiger partial charge in [-0.1, -0.05) is 44.2 Å². The summed E-state index contributed by atoms with van der Waals surface area (Å²) in [6.45, 7) is 5.40. The minimum atomic E-state index is -0.440. The van der Waals surface area contributed by atoms with Gasteiger partial charge in [0.1, 0.15) is 0 Å². The molecule has 1 aliphatic rings. The average Bonchev–Trinajstić information content (AvgIpc) is 3.05. The molecule has 2 N–H and O–H groups in total. The Bertz CT molecular complexity index is 681. The highest BCUT2D eigenvalue weighted by molar-refractivity contribution is 5.85. The number of tetrazole rings is 1. The number of amides is 1. The number of aromatic nitrogens is 4. The predicted molar refractivity (Wildman–Crippen MR) is 98.2 cm³/mol. The van der Waals surface area contributed by atoms with E-state index in [0.717, 1.165) is 18.4 Å². The molecule has 1 amide bonds. The lowest BCUT2D eigenvalue weighted by atomic mass is 10.0. The molecule has 7 nitrogen and oxygen atoms in total. The van der Waals surface area contributed by atoms with Crippen LogP contribution in [0.3, 0.4) is 0 Å². The number of likely N-dealkylation sites (tertiary alicyclic amines) is 1. The van der Waals surface area contributed by atoms with Crippen LogP contribution in [-0.4, -0.2) is 50.1 Å². The maximum absolute atomic E-state index is 12.9. The standard InChI is InChI=1S/C17H24N6O.ClH/c1-12(2)15(17(24)22-10-8-14(18)9-11-22)23-20-16(19-21-23)13-6-4-3-5-7-13;/h3-7,12,14-15H,8-11,18H2,1-2H3;1H. The van der Waals surface area contributed by atoms with Crippen molar-refractivity contribution in [1.29, 1.82) is 0 Å². The van der Waals surface area contributed by atoms with Gasteiger partial charge in [-0.2, -0.15) is 4.80 Å². The van der Waals surface area contributed by atoms with Gasteiger partial charge in [0, 0.05) is 24.7 Å². The van der Waals surface area contributed by atoms with Crippen molar-refractivity contribution in [2.45, 2.75) is 38.8 Å². The van der Waals surface area contributed by atoms with E-state index < -0.39 is 6.04 Å². The SMILES string of the molecule is CC(C)C(C(=O)N1CCC(N)CC1)n1nnc(-c2ccccc2)n1.Cl. The predicted octanol–water partition coefficient (Wildman–Crippen LogP) is 1.91. The second kappa shape index (κ2) is 8.40. The first-order valence-electron chi connectivity index (χ1n) is 8.45. The minimum Gasteiger partial charge on any atom is -0.341 e. The Morgan fingerprint density at radius 3 is 2.44 bits per heavy atom. The van der Waals surface area contributed by atoms with Crippen molar-refractivity contribution >= 4 is 18.3 Å². The molecule has 1 fully saturated rings. The van der Waals surface area contributed by atoms with E-state index in [1.54, 1.807) is 0 Å². The maximum atomic E-state index is 12.9. The van der Waals surface area contributed by atoms with Crippen LogP contribution < -0.4 is 5.73 Å². The number of carbonyl (C=O) groups is 1. The molecule has 1 aliphatic heterocycles. The van der Waals surface area contributed by atoms with Crippen molar-refractivity contribution in [3.8, 4) is 11.4 Å². The molecule has 0 saturated carbocycles. The van der Waals surface area contributed by atoms with E-state index in [-0.39, 0.29) is 30.3 Å². The van der Waals surface area contributed by atoms with Crippen molar-refractivity contribution in [3.05, 3.63) is 30.3 Å². The minimum absolute atomic E-state index is 0. The third-order valence-corrected chi connectivity index (χ3v) is 4.44. The van der Waals surface area contributed by atoms with Gasteiger partial charge in [-0.3, -0.25) is 4.79 Å². The molecule has 1 aromatic heterocycles. The zero-order valence-corrected chi connectivity index (χ0v) is 15.4. The summed E-state index contributed by atoms with van der Waals surface area (Å²) in [7, 11) is 0. The zero-order chi connectivity index (χ0) is 17.1. The summed E-state index contributed by atoms with van der Waals surface area (Å²) in [5.74, 6) is 0.662. The van der Waals surface area contributed by atoms with E-state index in [0.29, 0.717) is 18.9 Å². The molecule has 3 rings (SSSR count). The summed E-state index contributed by atoms with van der Waals surface area (Å²) >= 11 is 0. The van der Waals surface area contributed by atoms with Crippen molar-refractivity contribution < 1.29 is 4.79 Å². The molecule has 0 radical (unpaired) electrons. The van der Waals surface area contributed by atoms with Gasteiger partial charge in [0.15, 0.2) is 6.04 Å². The molecule has 2 aromatic rings. The van der Waals surface area contributed by atoms with Crippen molar-refractivity contribution in [2.24, 2.45) is 11.7 Å². The van der Waals surface area contributed by atoms with Crippen LogP contribution in [-0.2, 0) is 4.79 Å². The lowest BCUT2D eigenvalue weighted by molar-refractivity contribution is -0.138. The fraction of sp³-hybridized carbons (Fsp3) is 0.529. The second-order valence-corrected chi connectivity index (χ2v) is 6.65. The van der Waals surface area contributed by atoms with E-state index in [1.807, 2.05) is 49.1 Å². The Balaban J connectivity index is 0.00000225. The van der Waals surface area contributed by atoms with Crippen LogP contribution >= 0.6 is 12.4 Å². The van der Waals surface area contributed by atoms with Crippen LogP contribution in [0.15, 0.2) is 30.3 Å². The lowest BCUT2D eigenvalue weighted by Gasteiger charge is -2.33. The summed E-state index contributed by atoms with van der Waals surface area (Å²) in [4.78, 5) is 16.3. The largest absolute Gasteiger partial charge is 0.341 e. The maximum Gasteiger partial charge on any atom is 0.249 e. The fourth-order valence-electron chi connectivity index (χ4n) is 3.00. The summed E-state index contributed by atoms with van der Waals surface area (Å²) < 4.78 is 0. The molecule has 8 heteroatoms. The average molecular weight is 365 g/mol. The Kier molecular flexibility index (Phi) is 6.50. The molecular formula is C17H25ClN6O. The highest BCUT2D eigenvalue weighted by Crippen LogP contribution is 2.22. The van der Waals surface area contributed by atoms with E-state index >= 15 is 0 Å². The number of halogens is 1. The number of hydrogen-bond donors (Lipinski definition) is 1. The van der Waals surface area contributed by atoms with Crippen LogP contribution in [0.4, 0.5) is 0 Å². The molecule has 2 heterocycles. The van der Waals surface area contributed by atoms with Gasteiger partial charge in [0.2, 0.25) is 11.7 Å². The highest BCUT2D eigenvalue weighted by atomic mass is 35.5. The quantitative estimate of drug-likeness (QED) is 0.894. The van der Waals surface area contributed by atoms with Crippen LogP contribution in [0, 0.1) is 5.92 Å². The van der Waals surface area contributed by atoms with E-state index in [1.165, 1.54) is 4.80 Å². The molecule has 1 atom stereocenters. The molecule has 0 aliphatic carbocycles. The summed E-state index contributed by atoms with van der Waals surface area (Å²) in [6.07, 6.45) is 1.69. The monoisotopic (exact) mass is 364 g/mol. The van der Waals surface area contributed by atoms with Crippen LogP contribution in [0.2, 0.25) is 0 Å². The first-order valence-corrected chi connectivity index (χ1v) is 8.45. The topological polar surface area (TPSA) is 89.9 Å². The number of hydrogen-bond acceptors (Lipinski definition) is 5. The van der Waals surface area contributed by atoms with Gasteiger partial charge >= 0.3 is 0 Å². The highest BCUT2D eigenvalue weighted by Gasteiger charge is 2.32. The number of piperidine rings is 1.